The zero-order valence-corrected chi connectivity index (χ0v) is 12.1. The van der Waals surface area contributed by atoms with Crippen LogP contribution in [0.15, 0.2) is 30.5 Å². The van der Waals surface area contributed by atoms with Gasteiger partial charge in [-0.05, 0) is 25.5 Å². The minimum atomic E-state index is -4.49. The van der Waals surface area contributed by atoms with Crippen molar-refractivity contribution in [2.45, 2.75) is 32.5 Å². The molecule has 8 heteroatoms. The van der Waals surface area contributed by atoms with Crippen molar-refractivity contribution in [1.82, 2.24) is 15.0 Å². The van der Waals surface area contributed by atoms with E-state index in [0.29, 0.717) is 0 Å². The summed E-state index contributed by atoms with van der Waals surface area (Å²) < 4.78 is 40.1. The van der Waals surface area contributed by atoms with Gasteiger partial charge >= 0.3 is 6.18 Å². The summed E-state index contributed by atoms with van der Waals surface area (Å²) in [6, 6.07) is 5.07. The fraction of sp³-hybridized carbons (Fsp3) is 0.357. The maximum Gasteiger partial charge on any atom is 0.416 e. The highest BCUT2D eigenvalue weighted by atomic mass is 19.4. The second-order valence-electron chi connectivity index (χ2n) is 5.06. The van der Waals surface area contributed by atoms with Gasteiger partial charge in [0.25, 0.3) is 0 Å². The van der Waals surface area contributed by atoms with Gasteiger partial charge in [0.2, 0.25) is 5.91 Å². The summed E-state index contributed by atoms with van der Waals surface area (Å²) in [6.45, 7) is 3.78. The molecule has 1 amide bonds. The molecule has 1 aromatic carbocycles. The lowest BCUT2D eigenvalue weighted by molar-refractivity contribution is -0.138. The van der Waals surface area contributed by atoms with E-state index in [1.165, 1.54) is 24.4 Å². The summed E-state index contributed by atoms with van der Waals surface area (Å²) >= 11 is 0. The Balaban J connectivity index is 2.09. The van der Waals surface area contributed by atoms with Crippen LogP contribution in [0.2, 0.25) is 0 Å². The Morgan fingerprint density at radius 3 is 2.59 bits per heavy atom. The smallest absolute Gasteiger partial charge is 0.308 e. The molecular formula is C14H15F3N4O. The molecule has 1 aromatic heterocycles. The molecule has 0 unspecified atom stereocenters. The van der Waals surface area contributed by atoms with Crippen molar-refractivity contribution < 1.29 is 18.0 Å². The SMILES string of the molecule is CC(C)n1cc(NC(=O)Cc2ccccc2C(F)(F)F)nn1. The lowest BCUT2D eigenvalue weighted by Gasteiger charge is -2.12. The molecule has 0 radical (unpaired) electrons. The lowest BCUT2D eigenvalue weighted by atomic mass is 10.0. The zero-order valence-electron chi connectivity index (χ0n) is 12.1. The number of rotatable bonds is 4. The molecule has 1 N–H and O–H groups in total. The average Bonchev–Trinajstić information content (AvgIpc) is 2.86. The van der Waals surface area contributed by atoms with Crippen LogP contribution >= 0.6 is 0 Å². The van der Waals surface area contributed by atoms with E-state index < -0.39 is 17.6 Å². The molecule has 0 saturated heterocycles. The molecule has 2 aromatic rings. The second kappa shape index (κ2) is 6.17. The number of nitrogens with one attached hydrogen (secondary N) is 1. The quantitative estimate of drug-likeness (QED) is 0.944. The largest absolute Gasteiger partial charge is 0.416 e. The average molecular weight is 312 g/mol. The minimum Gasteiger partial charge on any atom is -0.308 e. The number of alkyl halides is 3. The highest BCUT2D eigenvalue weighted by Gasteiger charge is 2.33. The number of anilines is 1. The molecule has 0 spiro atoms. The summed E-state index contributed by atoms with van der Waals surface area (Å²) in [4.78, 5) is 11.9. The van der Waals surface area contributed by atoms with E-state index in [1.54, 1.807) is 4.68 Å². The Hall–Kier alpha value is -2.38. The van der Waals surface area contributed by atoms with Crippen molar-refractivity contribution in [3.05, 3.63) is 41.6 Å². The summed E-state index contributed by atoms with van der Waals surface area (Å²) in [5.74, 6) is -0.365. The number of aromatic nitrogens is 3. The molecule has 0 aliphatic heterocycles. The second-order valence-corrected chi connectivity index (χ2v) is 5.06. The third-order valence-corrected chi connectivity index (χ3v) is 2.98. The van der Waals surface area contributed by atoms with E-state index in [4.69, 9.17) is 0 Å². The van der Waals surface area contributed by atoms with Gasteiger partial charge in [-0.3, -0.25) is 4.79 Å². The summed E-state index contributed by atoms with van der Waals surface area (Å²) in [6.07, 6.45) is -3.35. The number of hydrogen-bond donors (Lipinski definition) is 1. The topological polar surface area (TPSA) is 59.8 Å². The number of carbonyl (C=O) groups excluding carboxylic acids is 1. The molecule has 0 saturated carbocycles. The Kier molecular flexibility index (Phi) is 4.48. The summed E-state index contributed by atoms with van der Waals surface area (Å²) in [5.41, 5.74) is -0.889. The Labute approximate surface area is 125 Å². The van der Waals surface area contributed by atoms with Gasteiger partial charge in [0.15, 0.2) is 5.82 Å². The van der Waals surface area contributed by atoms with Crippen molar-refractivity contribution in [2.75, 3.05) is 5.32 Å². The monoisotopic (exact) mass is 312 g/mol. The van der Waals surface area contributed by atoms with Crippen molar-refractivity contribution >= 4 is 11.7 Å². The van der Waals surface area contributed by atoms with E-state index in [9.17, 15) is 18.0 Å². The van der Waals surface area contributed by atoms with Crippen molar-refractivity contribution in [3.8, 4) is 0 Å². The maximum atomic E-state index is 12.9. The maximum absolute atomic E-state index is 12.9. The number of hydrogen-bond acceptors (Lipinski definition) is 3. The molecule has 1 heterocycles. The number of nitrogens with zero attached hydrogens (tertiary/aromatic N) is 3. The van der Waals surface area contributed by atoms with E-state index in [1.807, 2.05) is 13.8 Å². The van der Waals surface area contributed by atoms with Crippen molar-refractivity contribution in [1.29, 1.82) is 0 Å². The van der Waals surface area contributed by atoms with Gasteiger partial charge < -0.3 is 5.32 Å². The fourth-order valence-electron chi connectivity index (χ4n) is 1.90. The molecule has 5 nitrogen and oxygen atoms in total. The van der Waals surface area contributed by atoms with E-state index in [2.05, 4.69) is 15.6 Å². The van der Waals surface area contributed by atoms with Gasteiger partial charge in [0.05, 0.1) is 18.2 Å². The lowest BCUT2D eigenvalue weighted by Crippen LogP contribution is -2.18. The van der Waals surface area contributed by atoms with Gasteiger partial charge in [-0.25, -0.2) is 4.68 Å². The first-order valence-electron chi connectivity index (χ1n) is 6.64. The van der Waals surface area contributed by atoms with Gasteiger partial charge in [-0.15, -0.1) is 5.10 Å². The molecule has 22 heavy (non-hydrogen) atoms. The molecule has 0 aliphatic rings. The van der Waals surface area contributed by atoms with E-state index >= 15 is 0 Å². The van der Waals surface area contributed by atoms with Crippen LogP contribution in [0.3, 0.4) is 0 Å². The van der Waals surface area contributed by atoms with Gasteiger partial charge in [-0.1, -0.05) is 23.4 Å². The van der Waals surface area contributed by atoms with E-state index in [0.717, 1.165) is 6.07 Å². The molecular weight excluding hydrogens is 297 g/mol. The molecule has 2 rings (SSSR count). The first-order chi connectivity index (χ1) is 10.3. The molecule has 0 fully saturated rings. The summed E-state index contributed by atoms with van der Waals surface area (Å²) in [5, 5.41) is 10.00. The minimum absolute atomic E-state index is 0.0732. The van der Waals surface area contributed by atoms with Gasteiger partial charge in [0, 0.05) is 6.04 Å². The highest BCUT2D eigenvalue weighted by Crippen LogP contribution is 2.32. The molecule has 118 valence electrons. The predicted molar refractivity (Wildman–Crippen MR) is 74.2 cm³/mol. The van der Waals surface area contributed by atoms with Crippen LogP contribution in [0, 0.1) is 0 Å². The summed E-state index contributed by atoms with van der Waals surface area (Å²) in [7, 11) is 0. The molecule has 0 aliphatic carbocycles. The number of carbonyl (C=O) groups is 1. The van der Waals surface area contributed by atoms with Gasteiger partial charge in [0.1, 0.15) is 0 Å². The molecule has 0 atom stereocenters. The third kappa shape index (κ3) is 3.84. The Morgan fingerprint density at radius 1 is 1.32 bits per heavy atom. The van der Waals surface area contributed by atoms with Crippen LogP contribution in [0.4, 0.5) is 19.0 Å². The number of amides is 1. The Morgan fingerprint density at radius 2 is 2.00 bits per heavy atom. The third-order valence-electron chi connectivity index (χ3n) is 2.98. The van der Waals surface area contributed by atoms with Crippen LogP contribution in [-0.2, 0) is 17.4 Å². The van der Waals surface area contributed by atoms with Crippen LogP contribution in [0.5, 0.6) is 0 Å². The molecule has 0 bridgehead atoms. The first kappa shape index (κ1) is 16.0. The normalized spacial score (nSPS) is 11.7. The number of benzene rings is 1. The Bertz CT molecular complexity index is 664. The van der Waals surface area contributed by atoms with E-state index in [-0.39, 0.29) is 23.8 Å². The van der Waals surface area contributed by atoms with Crippen LogP contribution in [0.25, 0.3) is 0 Å². The van der Waals surface area contributed by atoms with Crippen molar-refractivity contribution in [2.24, 2.45) is 0 Å². The van der Waals surface area contributed by atoms with Crippen molar-refractivity contribution in [3.63, 3.8) is 0 Å². The fourth-order valence-corrected chi connectivity index (χ4v) is 1.90. The zero-order chi connectivity index (χ0) is 16.3. The van der Waals surface area contributed by atoms with Crippen LogP contribution < -0.4 is 5.32 Å². The highest BCUT2D eigenvalue weighted by molar-refractivity contribution is 5.91. The predicted octanol–water partition coefficient (Wildman–Crippen LogP) is 3.06. The van der Waals surface area contributed by atoms with Crippen LogP contribution in [-0.4, -0.2) is 20.9 Å². The first-order valence-corrected chi connectivity index (χ1v) is 6.64. The van der Waals surface area contributed by atoms with Crippen LogP contribution in [0.1, 0.15) is 31.0 Å². The standard InChI is InChI=1S/C14H15F3N4O/c1-9(2)21-8-12(19-20-21)18-13(22)7-10-5-3-4-6-11(10)14(15,16)17/h3-6,8-9H,7H2,1-2H3,(H,18,22). The van der Waals surface area contributed by atoms with Gasteiger partial charge in [-0.2, -0.15) is 13.2 Å². The number of halogens is 3.